The van der Waals surface area contributed by atoms with Crippen molar-refractivity contribution < 1.29 is 0 Å². The van der Waals surface area contributed by atoms with Crippen molar-refractivity contribution >= 4 is 5.82 Å². The summed E-state index contributed by atoms with van der Waals surface area (Å²) < 4.78 is 0. The Hall–Kier alpha value is -1.32. The van der Waals surface area contributed by atoms with Crippen LogP contribution in [-0.2, 0) is 0 Å². The maximum Gasteiger partial charge on any atom is 0.252 e. The minimum atomic E-state index is -0.0719. The van der Waals surface area contributed by atoms with Gasteiger partial charge in [-0.25, -0.2) is 4.98 Å². The zero-order valence-corrected chi connectivity index (χ0v) is 12.4. The molecule has 19 heavy (non-hydrogen) atoms. The maximum atomic E-state index is 11.6. The number of rotatable bonds is 3. The molecule has 0 amide bonds. The number of hydrogen-bond acceptors (Lipinski definition) is 3. The SMILES string of the molecule is CC(C)c1nc(NC2CCC(C)(C)CC2)cc(=O)[nH]1. The summed E-state index contributed by atoms with van der Waals surface area (Å²) in [6, 6.07) is 2.01. The number of hydrogen-bond donors (Lipinski definition) is 2. The summed E-state index contributed by atoms with van der Waals surface area (Å²) in [5.41, 5.74) is 0.389. The second-order valence-electron chi connectivity index (χ2n) is 6.75. The highest BCUT2D eigenvalue weighted by Gasteiger charge is 2.26. The Bertz CT molecular complexity index is 480. The maximum absolute atomic E-state index is 11.6. The van der Waals surface area contributed by atoms with Crippen molar-refractivity contribution in [3.8, 4) is 0 Å². The molecule has 106 valence electrons. The van der Waals surface area contributed by atoms with E-state index in [1.54, 1.807) is 6.07 Å². The van der Waals surface area contributed by atoms with E-state index in [0.717, 1.165) is 24.5 Å². The molecule has 1 aliphatic rings. The van der Waals surface area contributed by atoms with E-state index in [9.17, 15) is 4.79 Å². The van der Waals surface area contributed by atoms with E-state index >= 15 is 0 Å². The van der Waals surface area contributed by atoms with E-state index in [1.165, 1.54) is 12.8 Å². The van der Waals surface area contributed by atoms with Gasteiger partial charge in [0.2, 0.25) is 0 Å². The van der Waals surface area contributed by atoms with E-state index in [-0.39, 0.29) is 11.5 Å². The fourth-order valence-corrected chi connectivity index (χ4v) is 2.58. The summed E-state index contributed by atoms with van der Waals surface area (Å²) in [6.45, 7) is 8.72. The normalized spacial score (nSPS) is 19.6. The molecular weight excluding hydrogens is 238 g/mol. The number of nitrogens with zero attached hydrogens (tertiary/aromatic N) is 1. The monoisotopic (exact) mass is 263 g/mol. The average Bonchev–Trinajstić information content (AvgIpc) is 2.31. The summed E-state index contributed by atoms with van der Waals surface area (Å²) in [4.78, 5) is 18.9. The predicted molar refractivity (Wildman–Crippen MR) is 78.6 cm³/mol. The lowest BCUT2D eigenvalue weighted by Crippen LogP contribution is -2.30. The zero-order valence-electron chi connectivity index (χ0n) is 12.4. The quantitative estimate of drug-likeness (QED) is 0.880. The third-order valence-corrected chi connectivity index (χ3v) is 4.00. The van der Waals surface area contributed by atoms with E-state index in [1.807, 2.05) is 13.8 Å². The summed E-state index contributed by atoms with van der Waals surface area (Å²) >= 11 is 0. The molecule has 1 fully saturated rings. The zero-order chi connectivity index (χ0) is 14.0. The van der Waals surface area contributed by atoms with Gasteiger partial charge in [0, 0.05) is 18.0 Å². The Balaban J connectivity index is 2.06. The first-order valence-corrected chi connectivity index (χ1v) is 7.23. The highest BCUT2D eigenvalue weighted by Crippen LogP contribution is 2.35. The van der Waals surface area contributed by atoms with Gasteiger partial charge in [0.1, 0.15) is 11.6 Å². The molecule has 0 unspecified atom stereocenters. The number of anilines is 1. The van der Waals surface area contributed by atoms with Crippen LogP contribution in [0.2, 0.25) is 0 Å². The first-order valence-electron chi connectivity index (χ1n) is 7.23. The lowest BCUT2D eigenvalue weighted by molar-refractivity contribution is 0.232. The third-order valence-electron chi connectivity index (χ3n) is 4.00. The smallest absolute Gasteiger partial charge is 0.252 e. The van der Waals surface area contributed by atoms with E-state index in [4.69, 9.17) is 0 Å². The summed E-state index contributed by atoms with van der Waals surface area (Å²) in [5.74, 6) is 1.71. The fraction of sp³-hybridized carbons (Fsp3) is 0.733. The molecule has 4 heteroatoms. The van der Waals surface area contributed by atoms with Gasteiger partial charge in [-0.3, -0.25) is 4.79 Å². The lowest BCUT2D eigenvalue weighted by atomic mass is 9.75. The Morgan fingerprint density at radius 1 is 1.37 bits per heavy atom. The molecule has 4 nitrogen and oxygen atoms in total. The van der Waals surface area contributed by atoms with E-state index < -0.39 is 0 Å². The molecule has 0 atom stereocenters. The largest absolute Gasteiger partial charge is 0.367 e. The molecule has 0 bridgehead atoms. The van der Waals surface area contributed by atoms with Gasteiger partial charge in [-0.15, -0.1) is 0 Å². The molecule has 0 aromatic carbocycles. The number of H-pyrrole nitrogens is 1. The van der Waals surface area contributed by atoms with Crippen molar-refractivity contribution in [2.45, 2.75) is 65.3 Å². The lowest BCUT2D eigenvalue weighted by Gasteiger charge is -2.34. The molecule has 0 saturated heterocycles. The summed E-state index contributed by atoms with van der Waals surface area (Å²) in [7, 11) is 0. The average molecular weight is 263 g/mol. The van der Waals surface area contributed by atoms with Gasteiger partial charge in [-0.05, 0) is 31.1 Å². The Labute approximate surface area is 115 Å². The van der Waals surface area contributed by atoms with E-state index in [2.05, 4.69) is 29.1 Å². The second kappa shape index (κ2) is 5.35. The van der Waals surface area contributed by atoms with Crippen LogP contribution in [0.1, 0.15) is 65.1 Å². The molecule has 0 radical (unpaired) electrons. The van der Waals surface area contributed by atoms with Gasteiger partial charge in [-0.1, -0.05) is 27.7 Å². The van der Waals surface area contributed by atoms with E-state index in [0.29, 0.717) is 11.5 Å². The predicted octanol–water partition coefficient (Wildman–Crippen LogP) is 3.27. The van der Waals surface area contributed by atoms with Crippen LogP contribution in [0.5, 0.6) is 0 Å². The molecule has 1 aromatic heterocycles. The van der Waals surface area contributed by atoms with Crippen LogP contribution in [0.4, 0.5) is 5.82 Å². The topological polar surface area (TPSA) is 57.8 Å². The Morgan fingerprint density at radius 3 is 2.58 bits per heavy atom. The minimum Gasteiger partial charge on any atom is -0.367 e. The third kappa shape index (κ3) is 3.82. The number of nitrogens with one attached hydrogen (secondary N) is 2. The van der Waals surface area contributed by atoms with Gasteiger partial charge in [0.15, 0.2) is 0 Å². The van der Waals surface area contributed by atoms with Gasteiger partial charge < -0.3 is 10.3 Å². The Kier molecular flexibility index (Phi) is 3.97. The first-order chi connectivity index (χ1) is 8.85. The molecule has 2 rings (SSSR count). The van der Waals surface area contributed by atoms with Crippen LogP contribution >= 0.6 is 0 Å². The number of aromatic amines is 1. The molecule has 1 heterocycles. The van der Waals surface area contributed by atoms with Gasteiger partial charge >= 0.3 is 0 Å². The standard InChI is InChI=1S/C15H25N3O/c1-10(2)14-17-12(9-13(19)18-14)16-11-5-7-15(3,4)8-6-11/h9-11H,5-8H2,1-4H3,(H2,16,17,18,19). The van der Waals surface area contributed by atoms with Gasteiger partial charge in [0.25, 0.3) is 5.56 Å². The van der Waals surface area contributed by atoms with Crippen molar-refractivity contribution in [1.82, 2.24) is 9.97 Å². The molecule has 1 saturated carbocycles. The molecule has 0 spiro atoms. The van der Waals surface area contributed by atoms with Crippen LogP contribution in [0.3, 0.4) is 0 Å². The molecule has 0 aliphatic heterocycles. The van der Waals surface area contributed by atoms with Crippen molar-refractivity contribution in [3.63, 3.8) is 0 Å². The Morgan fingerprint density at radius 2 is 2.00 bits per heavy atom. The highest BCUT2D eigenvalue weighted by molar-refractivity contribution is 5.34. The van der Waals surface area contributed by atoms with Gasteiger partial charge in [0.05, 0.1) is 0 Å². The van der Waals surface area contributed by atoms with Crippen molar-refractivity contribution in [3.05, 3.63) is 22.2 Å². The summed E-state index contributed by atoms with van der Waals surface area (Å²) in [5, 5.41) is 3.42. The summed E-state index contributed by atoms with van der Waals surface area (Å²) in [6.07, 6.45) is 4.76. The van der Waals surface area contributed by atoms with Crippen LogP contribution in [0, 0.1) is 5.41 Å². The van der Waals surface area contributed by atoms with Crippen molar-refractivity contribution in [1.29, 1.82) is 0 Å². The fourth-order valence-electron chi connectivity index (χ4n) is 2.58. The molecule has 1 aliphatic carbocycles. The first kappa shape index (κ1) is 14.1. The van der Waals surface area contributed by atoms with Crippen molar-refractivity contribution in [2.75, 3.05) is 5.32 Å². The van der Waals surface area contributed by atoms with Gasteiger partial charge in [-0.2, -0.15) is 0 Å². The highest BCUT2D eigenvalue weighted by atomic mass is 16.1. The van der Waals surface area contributed by atoms with Crippen LogP contribution in [0.15, 0.2) is 10.9 Å². The molecular formula is C15H25N3O. The second-order valence-corrected chi connectivity index (χ2v) is 6.75. The van der Waals surface area contributed by atoms with Crippen LogP contribution in [-0.4, -0.2) is 16.0 Å². The molecule has 1 aromatic rings. The minimum absolute atomic E-state index is 0.0719. The molecule has 2 N–H and O–H groups in total. The van der Waals surface area contributed by atoms with Crippen molar-refractivity contribution in [2.24, 2.45) is 5.41 Å². The van der Waals surface area contributed by atoms with Crippen LogP contribution in [0.25, 0.3) is 0 Å². The number of aromatic nitrogens is 2. The van der Waals surface area contributed by atoms with Crippen LogP contribution < -0.4 is 10.9 Å².